The van der Waals surface area contributed by atoms with Gasteiger partial charge in [-0.05, 0) is 55.8 Å². The van der Waals surface area contributed by atoms with E-state index >= 15 is 0 Å². The minimum absolute atomic E-state index is 0.133. The summed E-state index contributed by atoms with van der Waals surface area (Å²) >= 11 is 0. The highest BCUT2D eigenvalue weighted by atomic mass is 16.5. The molecule has 0 atom stereocenters. The van der Waals surface area contributed by atoms with Crippen LogP contribution in [-0.4, -0.2) is 39.9 Å². The smallest absolute Gasteiger partial charge is 0.203 e. The Morgan fingerprint density at radius 1 is 1.03 bits per heavy atom. The molecule has 2 N–H and O–H groups in total. The lowest BCUT2D eigenvalue weighted by molar-refractivity contribution is 0.242. The molecule has 162 valence electrons. The summed E-state index contributed by atoms with van der Waals surface area (Å²) in [6, 6.07) is 11.5. The zero-order valence-electron chi connectivity index (χ0n) is 18.3. The van der Waals surface area contributed by atoms with E-state index in [9.17, 15) is 0 Å². The van der Waals surface area contributed by atoms with Crippen LogP contribution in [0.15, 0.2) is 54.0 Å². The molecule has 0 radical (unpaired) electrons. The van der Waals surface area contributed by atoms with Gasteiger partial charge in [0.25, 0.3) is 0 Å². The van der Waals surface area contributed by atoms with Gasteiger partial charge in [-0.1, -0.05) is 6.08 Å². The van der Waals surface area contributed by atoms with Crippen LogP contribution in [0.1, 0.15) is 19.4 Å². The van der Waals surface area contributed by atoms with Gasteiger partial charge in [0, 0.05) is 12.2 Å². The molecule has 0 spiro atoms. The van der Waals surface area contributed by atoms with Gasteiger partial charge < -0.3 is 29.6 Å². The summed E-state index contributed by atoms with van der Waals surface area (Å²) in [6.45, 7) is 8.74. The molecule has 2 aromatic rings. The third kappa shape index (κ3) is 6.62. The molecule has 0 heterocycles. The van der Waals surface area contributed by atoms with E-state index in [1.54, 1.807) is 27.4 Å². The molecule has 0 saturated heterocycles. The molecule has 2 aromatic carbocycles. The molecule has 0 unspecified atom stereocenters. The Hall–Kier alpha value is -3.35. The second-order valence-electron chi connectivity index (χ2n) is 6.68. The molecule has 0 aromatic heterocycles. The van der Waals surface area contributed by atoms with Crippen molar-refractivity contribution in [3.63, 3.8) is 0 Å². The molecular weight excluding hydrogens is 382 g/mol. The van der Waals surface area contributed by atoms with Crippen LogP contribution in [0, 0.1) is 0 Å². The van der Waals surface area contributed by atoms with Crippen molar-refractivity contribution in [2.75, 3.05) is 33.2 Å². The van der Waals surface area contributed by atoms with E-state index in [2.05, 4.69) is 22.2 Å². The summed E-state index contributed by atoms with van der Waals surface area (Å²) in [5.41, 5.74) is 1.82. The molecule has 0 amide bonds. The Balaban J connectivity index is 2.19. The van der Waals surface area contributed by atoms with Gasteiger partial charge in [-0.15, -0.1) is 6.58 Å². The van der Waals surface area contributed by atoms with Crippen LogP contribution < -0.4 is 29.6 Å². The lowest BCUT2D eigenvalue weighted by atomic mass is 10.2. The molecule has 0 fully saturated rings. The van der Waals surface area contributed by atoms with Crippen molar-refractivity contribution < 1.29 is 18.9 Å². The number of guanidine groups is 1. The van der Waals surface area contributed by atoms with Crippen LogP contribution in [0.4, 0.5) is 5.69 Å². The summed E-state index contributed by atoms with van der Waals surface area (Å²) in [4.78, 5) is 4.67. The van der Waals surface area contributed by atoms with Crippen LogP contribution >= 0.6 is 0 Å². The van der Waals surface area contributed by atoms with Gasteiger partial charge in [0.1, 0.15) is 5.75 Å². The van der Waals surface area contributed by atoms with E-state index in [0.717, 1.165) is 17.0 Å². The number of anilines is 1. The van der Waals surface area contributed by atoms with E-state index in [-0.39, 0.29) is 6.10 Å². The van der Waals surface area contributed by atoms with Gasteiger partial charge >= 0.3 is 0 Å². The topological polar surface area (TPSA) is 73.3 Å². The van der Waals surface area contributed by atoms with Crippen LogP contribution in [0.5, 0.6) is 23.0 Å². The summed E-state index contributed by atoms with van der Waals surface area (Å²) < 4.78 is 21.9. The number of rotatable bonds is 10. The van der Waals surface area contributed by atoms with Crippen molar-refractivity contribution in [1.82, 2.24) is 5.32 Å². The summed E-state index contributed by atoms with van der Waals surface area (Å²) in [5, 5.41) is 6.51. The SMILES string of the molecule is C=CCNC(=NCc1cc(OC)c(OC)c(OC)c1)Nc1ccc(OC(C)C)cc1. The third-order valence-electron chi connectivity index (χ3n) is 4.05. The predicted molar refractivity (Wildman–Crippen MR) is 121 cm³/mol. The minimum Gasteiger partial charge on any atom is -0.493 e. The van der Waals surface area contributed by atoms with Gasteiger partial charge in [0.15, 0.2) is 17.5 Å². The van der Waals surface area contributed by atoms with Gasteiger partial charge in [-0.2, -0.15) is 0 Å². The highest BCUT2D eigenvalue weighted by Gasteiger charge is 2.13. The average molecular weight is 414 g/mol. The number of hydrogen-bond acceptors (Lipinski definition) is 5. The maximum atomic E-state index is 5.69. The Morgan fingerprint density at radius 2 is 1.67 bits per heavy atom. The lowest BCUT2D eigenvalue weighted by Crippen LogP contribution is -2.31. The Bertz CT molecular complexity index is 823. The summed E-state index contributed by atoms with van der Waals surface area (Å²) in [5.74, 6) is 3.19. The van der Waals surface area contributed by atoms with E-state index in [0.29, 0.717) is 36.3 Å². The van der Waals surface area contributed by atoms with Crippen molar-refractivity contribution in [2.45, 2.75) is 26.5 Å². The van der Waals surface area contributed by atoms with Crippen LogP contribution in [0.3, 0.4) is 0 Å². The minimum atomic E-state index is 0.133. The Kier molecular flexibility index (Phi) is 8.87. The number of benzene rings is 2. The van der Waals surface area contributed by atoms with E-state index in [1.807, 2.05) is 50.2 Å². The normalized spacial score (nSPS) is 11.1. The van der Waals surface area contributed by atoms with E-state index in [1.165, 1.54) is 0 Å². The number of ether oxygens (including phenoxy) is 4. The van der Waals surface area contributed by atoms with Crippen LogP contribution in [0.2, 0.25) is 0 Å². The molecule has 7 nitrogen and oxygen atoms in total. The second kappa shape index (κ2) is 11.6. The van der Waals surface area contributed by atoms with Crippen molar-refractivity contribution in [3.05, 3.63) is 54.6 Å². The fraction of sp³-hybridized carbons (Fsp3) is 0.348. The number of hydrogen-bond donors (Lipinski definition) is 2. The third-order valence-corrected chi connectivity index (χ3v) is 4.05. The molecule has 0 aliphatic heterocycles. The molecule has 0 saturated carbocycles. The van der Waals surface area contributed by atoms with Crippen LogP contribution in [0.25, 0.3) is 0 Å². The number of methoxy groups -OCH3 is 3. The quantitative estimate of drug-likeness (QED) is 0.345. The van der Waals surface area contributed by atoms with Gasteiger partial charge in [0.2, 0.25) is 5.75 Å². The summed E-state index contributed by atoms with van der Waals surface area (Å²) in [6.07, 6.45) is 1.91. The predicted octanol–water partition coefficient (Wildman–Crippen LogP) is 4.24. The molecule has 0 bridgehead atoms. The van der Waals surface area contributed by atoms with Crippen molar-refractivity contribution >= 4 is 11.6 Å². The zero-order chi connectivity index (χ0) is 21.9. The maximum absolute atomic E-state index is 5.69. The second-order valence-corrected chi connectivity index (χ2v) is 6.68. The van der Waals surface area contributed by atoms with Crippen LogP contribution in [-0.2, 0) is 6.54 Å². The first kappa shape index (κ1) is 22.9. The van der Waals surface area contributed by atoms with Crippen molar-refractivity contribution in [3.8, 4) is 23.0 Å². The highest BCUT2D eigenvalue weighted by molar-refractivity contribution is 5.93. The molecule has 0 aliphatic carbocycles. The number of aliphatic imine (C=N–C) groups is 1. The largest absolute Gasteiger partial charge is 0.493 e. The van der Waals surface area contributed by atoms with Gasteiger partial charge in [-0.25, -0.2) is 4.99 Å². The van der Waals surface area contributed by atoms with Gasteiger partial charge in [-0.3, -0.25) is 0 Å². The number of nitrogens with one attached hydrogen (secondary N) is 2. The molecule has 2 rings (SSSR count). The molecule has 30 heavy (non-hydrogen) atoms. The van der Waals surface area contributed by atoms with E-state index in [4.69, 9.17) is 18.9 Å². The molecular formula is C23H31N3O4. The summed E-state index contributed by atoms with van der Waals surface area (Å²) in [7, 11) is 4.77. The standard InChI is InChI=1S/C23H31N3O4/c1-7-12-24-23(26-18-8-10-19(11-9-18)30-16(2)3)25-15-17-13-20(27-4)22(29-6)21(14-17)28-5/h7-11,13-14,16H,1,12,15H2,2-6H3,(H2,24,25,26). The van der Waals surface area contributed by atoms with E-state index < -0.39 is 0 Å². The molecule has 7 heteroatoms. The first-order chi connectivity index (χ1) is 14.5. The fourth-order valence-corrected chi connectivity index (χ4v) is 2.73. The lowest BCUT2D eigenvalue weighted by Gasteiger charge is -2.15. The average Bonchev–Trinajstić information content (AvgIpc) is 2.75. The first-order valence-corrected chi connectivity index (χ1v) is 9.72. The Labute approximate surface area is 178 Å². The van der Waals surface area contributed by atoms with Crippen molar-refractivity contribution in [2.24, 2.45) is 4.99 Å². The first-order valence-electron chi connectivity index (χ1n) is 9.72. The zero-order valence-corrected chi connectivity index (χ0v) is 18.3. The highest BCUT2D eigenvalue weighted by Crippen LogP contribution is 2.38. The van der Waals surface area contributed by atoms with Crippen molar-refractivity contribution in [1.29, 1.82) is 0 Å². The molecule has 0 aliphatic rings. The fourth-order valence-electron chi connectivity index (χ4n) is 2.73. The monoisotopic (exact) mass is 413 g/mol. The maximum Gasteiger partial charge on any atom is 0.203 e. The Morgan fingerprint density at radius 3 is 2.17 bits per heavy atom. The van der Waals surface area contributed by atoms with Gasteiger partial charge in [0.05, 0.1) is 34.0 Å². The number of nitrogens with zero attached hydrogens (tertiary/aromatic N) is 1.